The number of anilines is 4. The molecule has 30 nitrogen and oxygen atoms in total. The van der Waals surface area contributed by atoms with Crippen LogP contribution in [0.2, 0.25) is 10.0 Å². The van der Waals surface area contributed by atoms with Crippen LogP contribution in [0.3, 0.4) is 0 Å². The minimum absolute atomic E-state index is 0.107. The van der Waals surface area contributed by atoms with Gasteiger partial charge in [0.2, 0.25) is 5.91 Å². The summed E-state index contributed by atoms with van der Waals surface area (Å²) in [7, 11) is 0. The molecule has 0 aliphatic carbocycles. The molecule has 4 saturated heterocycles. The number of nitrogens with one attached hydrogen (secondary N) is 2. The lowest BCUT2D eigenvalue weighted by atomic mass is 10.0. The van der Waals surface area contributed by atoms with E-state index in [1.807, 2.05) is 87.9 Å². The zero-order valence-electron chi connectivity index (χ0n) is 54.0. The Morgan fingerprint density at radius 3 is 1.47 bits per heavy atom. The van der Waals surface area contributed by atoms with Gasteiger partial charge in [-0.1, -0.05) is 37.0 Å². The first-order chi connectivity index (χ1) is 44.5. The number of hydrogen-bond donors (Lipinski definition) is 7. The fraction of sp³-hybridized carbons (Fsp3) is 0.525. The van der Waals surface area contributed by atoms with E-state index >= 15 is 0 Å². The summed E-state index contributed by atoms with van der Waals surface area (Å²) in [6, 6.07) is 6.04. The number of nitrogen functional groups attached to an aromatic ring is 4. The number of likely N-dealkylation sites (tertiary alicyclic amines) is 3. The standard InChI is InChI=1S/C19H20Cl2N6O.C15H22N6O2.C10H14N6.C10H19NO3.C5H5N5.C2H6/c20-13-6-12(7-14(21)8-13)3-4-16(28)26-5-1-2-15(9-26)27-11-25-17-18(22)23-10-24-19(17)27;1-15(2,3)23-14(22)20-6-4-5-10(7-20)21-9-19-11-12(16)17-8-18-13(11)21;11-9-8-10(14-5-13-9)16(6-15-8)7-2-1-3-12-4-7;1-10(2,3)14-9(13)11-6-4-5-8(12)7-11;6-4-3-5(9-1-7-3)10-2-8-4;1-2/h6-8,10-11,15H,1-5,9H2,(H2,22,23,24);8-10H,4-7H2,1-3H3,(H2,16,17,18);5-7,12H,1-4H2,(H2,11,13,14);8,12H,4-7H2,1-3H3;1-2H,(H3,6,7,8,9,10);1-2H3. The fourth-order valence-electron chi connectivity index (χ4n) is 11.0. The Balaban J connectivity index is 0.000000154. The van der Waals surface area contributed by atoms with Crippen molar-refractivity contribution in [2.24, 2.45) is 0 Å². The monoisotopic (exact) mass is 1320 g/mol. The molecule has 3 amide bonds. The molecule has 11 N–H and O–H groups in total. The van der Waals surface area contributed by atoms with Crippen LogP contribution in [0.15, 0.2) is 68.8 Å². The number of hydrogen-bond acceptors (Lipinski definition) is 23. The maximum Gasteiger partial charge on any atom is 0.410 e. The summed E-state index contributed by atoms with van der Waals surface area (Å²) in [5.74, 6) is 1.75. The SMILES string of the molecule is CC.CC(C)(C)OC(=O)N1CCCC(O)C1.CC(C)(C)OC(=O)N1CCCC(n2cnc3c(N)ncnc32)C1.Nc1ncnc2c1ncn2C1CCCN(C(=O)CCc2cc(Cl)cc(Cl)c2)C1.Nc1ncnc2c1ncn2C1CCCNC1.Nc1ncnc2nc[nH]c12. The van der Waals surface area contributed by atoms with Crippen LogP contribution >= 0.6 is 23.2 Å². The van der Waals surface area contributed by atoms with Crippen LogP contribution < -0.4 is 28.3 Å². The molecule has 1 aromatic carbocycles. The Bertz CT molecular complexity index is 3890. The number of carbonyl (C=O) groups excluding carboxylic acids is 3. The number of aliphatic hydroxyl groups is 1. The van der Waals surface area contributed by atoms with Gasteiger partial charge in [0, 0.05) is 68.3 Å². The second-order valence-electron chi connectivity index (χ2n) is 24.5. The molecule has 500 valence electrons. The van der Waals surface area contributed by atoms with E-state index in [0.717, 1.165) is 75.8 Å². The number of aromatic nitrogens is 16. The highest BCUT2D eigenvalue weighted by atomic mass is 35.5. The van der Waals surface area contributed by atoms with Gasteiger partial charge >= 0.3 is 12.2 Å². The van der Waals surface area contributed by atoms with Gasteiger partial charge < -0.3 is 76.2 Å². The molecule has 13 rings (SSSR count). The summed E-state index contributed by atoms with van der Waals surface area (Å²) in [6.45, 7) is 20.9. The number of rotatable bonds is 6. The van der Waals surface area contributed by atoms with E-state index in [1.165, 1.54) is 38.1 Å². The Morgan fingerprint density at radius 2 is 1.00 bits per heavy atom. The number of benzene rings is 1. The van der Waals surface area contributed by atoms with E-state index in [4.69, 9.17) is 55.6 Å². The average molecular weight is 1320 g/mol. The Morgan fingerprint density at radius 1 is 0.559 bits per heavy atom. The van der Waals surface area contributed by atoms with E-state index in [0.29, 0.717) is 124 Å². The molecule has 0 bridgehead atoms. The number of β-amino-alcohol motifs (C(OH)–C–C–N with tert-alkyl or cyclic N) is 1. The van der Waals surface area contributed by atoms with E-state index in [1.54, 1.807) is 28.5 Å². The summed E-state index contributed by atoms with van der Waals surface area (Å²) in [5, 5.41) is 13.9. The molecule has 4 aliphatic heterocycles. The average Bonchev–Trinajstić information content (AvgIpc) is 1.72. The summed E-state index contributed by atoms with van der Waals surface area (Å²) >= 11 is 12.1. The molecule has 4 unspecified atom stereocenters. The predicted molar refractivity (Wildman–Crippen MR) is 357 cm³/mol. The number of H-pyrrole nitrogens is 1. The molecule has 0 radical (unpaired) electrons. The molecule has 0 spiro atoms. The Kier molecular flexibility index (Phi) is 24.2. The van der Waals surface area contributed by atoms with Crippen LogP contribution in [0.4, 0.5) is 32.9 Å². The van der Waals surface area contributed by atoms with Gasteiger partial charge in [0.25, 0.3) is 0 Å². The zero-order valence-corrected chi connectivity index (χ0v) is 55.5. The van der Waals surface area contributed by atoms with Crippen LogP contribution in [0, 0.1) is 0 Å². The topological polar surface area (TPSA) is 401 Å². The van der Waals surface area contributed by atoms with E-state index in [9.17, 15) is 19.5 Å². The molecule has 0 saturated carbocycles. The minimum atomic E-state index is -0.493. The Labute approximate surface area is 549 Å². The van der Waals surface area contributed by atoms with E-state index in [-0.39, 0.29) is 30.2 Å². The second-order valence-corrected chi connectivity index (χ2v) is 25.3. The number of aliphatic hydroxyl groups excluding tert-OH is 1. The largest absolute Gasteiger partial charge is 0.444 e. The van der Waals surface area contributed by atoms with Gasteiger partial charge in [-0.3, -0.25) is 4.79 Å². The molecule has 4 aliphatic rings. The number of nitrogens with two attached hydrogens (primary N) is 4. The van der Waals surface area contributed by atoms with E-state index < -0.39 is 17.3 Å². The number of carbonyl (C=O) groups is 3. The van der Waals surface area contributed by atoms with Crippen LogP contribution in [-0.2, 0) is 20.7 Å². The molecule has 4 fully saturated rings. The lowest BCUT2D eigenvalue weighted by Crippen LogP contribution is -2.44. The first-order valence-electron chi connectivity index (χ1n) is 31.2. The van der Waals surface area contributed by atoms with Crippen LogP contribution in [-0.4, -0.2) is 186 Å². The highest BCUT2D eigenvalue weighted by Gasteiger charge is 2.31. The van der Waals surface area contributed by atoms with Gasteiger partial charge in [0.05, 0.1) is 43.5 Å². The van der Waals surface area contributed by atoms with E-state index in [2.05, 4.69) is 74.7 Å². The third kappa shape index (κ3) is 19.1. The number of amides is 3. The van der Waals surface area contributed by atoms with Crippen molar-refractivity contribution in [2.75, 3.05) is 75.3 Å². The van der Waals surface area contributed by atoms with Crippen molar-refractivity contribution in [3.8, 4) is 0 Å². The predicted octanol–water partition coefficient (Wildman–Crippen LogP) is 8.16. The lowest BCUT2D eigenvalue weighted by molar-refractivity contribution is -0.132. The number of imidazole rings is 4. The fourth-order valence-corrected chi connectivity index (χ4v) is 11.5. The summed E-state index contributed by atoms with van der Waals surface area (Å²) in [6.07, 6.45) is 20.3. The molecule has 12 heterocycles. The maximum absolute atomic E-state index is 12.8. The van der Waals surface area contributed by atoms with Crippen molar-refractivity contribution in [3.63, 3.8) is 0 Å². The molecular formula is C61H86Cl2N24O6. The molecular weight excluding hydrogens is 1240 g/mol. The smallest absolute Gasteiger partial charge is 0.410 e. The summed E-state index contributed by atoms with van der Waals surface area (Å²) < 4.78 is 16.7. The molecule has 93 heavy (non-hydrogen) atoms. The van der Waals surface area contributed by atoms with Crippen molar-refractivity contribution < 1.29 is 29.0 Å². The van der Waals surface area contributed by atoms with Crippen molar-refractivity contribution in [1.82, 2.24) is 98.5 Å². The lowest BCUT2D eigenvalue weighted by Gasteiger charge is -2.34. The highest BCUT2D eigenvalue weighted by Crippen LogP contribution is 2.30. The number of nitrogens with zero attached hydrogens (tertiary/aromatic N) is 18. The highest BCUT2D eigenvalue weighted by molar-refractivity contribution is 6.34. The number of aryl methyl sites for hydroxylation is 1. The zero-order chi connectivity index (χ0) is 67.0. The third-order valence-corrected chi connectivity index (χ3v) is 15.7. The molecule has 32 heteroatoms. The van der Waals surface area contributed by atoms with Gasteiger partial charge in [0.15, 0.2) is 45.9 Å². The first kappa shape index (κ1) is 70.0. The number of ether oxygens (including phenoxy) is 2. The van der Waals surface area contributed by atoms with Crippen molar-refractivity contribution in [1.29, 1.82) is 0 Å². The van der Waals surface area contributed by atoms with Gasteiger partial charge in [0.1, 0.15) is 58.6 Å². The summed E-state index contributed by atoms with van der Waals surface area (Å²) in [5.41, 5.74) is 28.4. The first-order valence-corrected chi connectivity index (χ1v) is 32.0. The van der Waals surface area contributed by atoms with Gasteiger partial charge in [-0.25, -0.2) is 69.4 Å². The normalized spacial score (nSPS) is 18.3. The molecule has 9 aromatic rings. The third-order valence-electron chi connectivity index (χ3n) is 15.3. The maximum atomic E-state index is 12.8. The van der Waals surface area contributed by atoms with Gasteiger partial charge in [-0.2, -0.15) is 0 Å². The number of piperidine rings is 4. The van der Waals surface area contributed by atoms with Gasteiger partial charge in [-0.05, 0) is 130 Å². The number of fused-ring (bicyclic) bond motifs is 4. The van der Waals surface area contributed by atoms with Gasteiger partial charge in [-0.15, -0.1) is 0 Å². The Hall–Kier alpha value is -8.87. The van der Waals surface area contributed by atoms with Crippen molar-refractivity contribution >= 4 is 109 Å². The van der Waals surface area contributed by atoms with Crippen molar-refractivity contribution in [3.05, 3.63) is 84.4 Å². The number of aromatic amines is 1. The molecule has 4 atom stereocenters. The van der Waals surface area contributed by atoms with Crippen LogP contribution in [0.25, 0.3) is 44.7 Å². The minimum Gasteiger partial charge on any atom is -0.444 e. The second kappa shape index (κ2) is 32.1. The number of halogens is 2. The van der Waals surface area contributed by atoms with Crippen LogP contribution in [0.1, 0.15) is 137 Å². The quantitative estimate of drug-likeness (QED) is 0.0825. The van der Waals surface area contributed by atoms with Crippen molar-refractivity contribution in [2.45, 2.75) is 155 Å². The summed E-state index contributed by atoms with van der Waals surface area (Å²) in [4.78, 5) is 93.8. The van der Waals surface area contributed by atoms with Crippen LogP contribution in [0.5, 0.6) is 0 Å². The molecule has 8 aromatic heterocycles.